The number of nitrogens with zero attached hydrogens (tertiary/aromatic N) is 3. The second-order valence-electron chi connectivity index (χ2n) is 6.48. The fourth-order valence-electron chi connectivity index (χ4n) is 2.83. The summed E-state index contributed by atoms with van der Waals surface area (Å²) in [6, 6.07) is 0. The van der Waals surface area contributed by atoms with Crippen molar-refractivity contribution in [2.45, 2.75) is 53.3 Å². The maximum absolute atomic E-state index is 12.9. The summed E-state index contributed by atoms with van der Waals surface area (Å²) in [5.74, 6) is 0.152. The molecule has 2 heterocycles. The number of Topliss-reactive ketones (excluding diaryl/α,β-unsaturated/α-hetero) is 1. The summed E-state index contributed by atoms with van der Waals surface area (Å²) in [7, 11) is 1.61. The molecule has 144 valence electrons. The van der Waals surface area contributed by atoms with E-state index >= 15 is 0 Å². The normalized spacial score (nSPS) is 12.6. The molecule has 0 saturated heterocycles. The third kappa shape index (κ3) is 4.04. The largest absolute Gasteiger partial charge is 0.361 e. The van der Waals surface area contributed by atoms with Gasteiger partial charge in [0.15, 0.2) is 10.3 Å². The summed E-state index contributed by atoms with van der Waals surface area (Å²) < 4.78 is 9.93. The minimum atomic E-state index is -0.387. The van der Waals surface area contributed by atoms with Crippen LogP contribution in [-0.2, 0) is 29.9 Å². The minimum absolute atomic E-state index is 0.00201. The van der Waals surface area contributed by atoms with Crippen LogP contribution in [0.15, 0.2) is 9.59 Å². The van der Waals surface area contributed by atoms with Crippen LogP contribution in [0.5, 0.6) is 0 Å². The van der Waals surface area contributed by atoms with Gasteiger partial charge in [0, 0.05) is 26.1 Å². The Morgan fingerprint density at radius 3 is 2.58 bits per heavy atom. The molecule has 0 aliphatic carbocycles. The van der Waals surface area contributed by atoms with E-state index in [9.17, 15) is 14.4 Å². The molecule has 1 N–H and O–H groups in total. The smallest absolute Gasteiger partial charge is 0.332 e. The van der Waals surface area contributed by atoms with Gasteiger partial charge in [-0.3, -0.25) is 23.3 Å². The highest BCUT2D eigenvalue weighted by molar-refractivity contribution is 7.71. The zero-order valence-electron chi connectivity index (χ0n) is 15.7. The number of carbonyl (C=O) groups is 1. The topological polar surface area (TPSA) is 91.0 Å². The average Bonchev–Trinajstić information content (AvgIpc) is 2.93. The van der Waals surface area contributed by atoms with Crippen molar-refractivity contribution in [3.05, 3.63) is 25.6 Å². The quantitative estimate of drug-likeness (QED) is 0.529. The van der Waals surface area contributed by atoms with Crippen molar-refractivity contribution in [2.24, 2.45) is 13.0 Å². The van der Waals surface area contributed by atoms with Crippen LogP contribution >= 0.6 is 12.2 Å². The maximum atomic E-state index is 12.9. The van der Waals surface area contributed by atoms with Crippen LogP contribution in [0, 0.1) is 10.7 Å². The summed E-state index contributed by atoms with van der Waals surface area (Å²) in [6.07, 6.45) is 2.17. The van der Waals surface area contributed by atoms with Gasteiger partial charge in [-0.15, -0.1) is 0 Å². The molecule has 0 unspecified atom stereocenters. The molecule has 0 aliphatic heterocycles. The second kappa shape index (κ2) is 8.59. The van der Waals surface area contributed by atoms with Gasteiger partial charge in [-0.05, 0) is 38.9 Å². The van der Waals surface area contributed by atoms with E-state index in [1.165, 1.54) is 9.13 Å². The van der Waals surface area contributed by atoms with E-state index in [4.69, 9.17) is 17.0 Å². The van der Waals surface area contributed by atoms with Gasteiger partial charge in [0.25, 0.3) is 5.56 Å². The lowest BCUT2D eigenvalue weighted by molar-refractivity contribution is -0.120. The van der Waals surface area contributed by atoms with Crippen molar-refractivity contribution >= 4 is 29.2 Å². The predicted octanol–water partition coefficient (Wildman–Crippen LogP) is 1.95. The first-order chi connectivity index (χ1) is 12.3. The molecule has 0 aliphatic rings. The monoisotopic (exact) mass is 382 g/mol. The van der Waals surface area contributed by atoms with Gasteiger partial charge >= 0.3 is 5.69 Å². The SMILES string of the molecule is CCOCn1c(=S)[nH]c2c1c(=O)n(CCCC[C@@H](C)C(C)=O)c(=O)n2C. The van der Waals surface area contributed by atoms with Crippen molar-refractivity contribution in [1.82, 2.24) is 18.7 Å². The zero-order valence-corrected chi connectivity index (χ0v) is 16.5. The third-order valence-electron chi connectivity index (χ3n) is 4.65. The van der Waals surface area contributed by atoms with E-state index in [-0.39, 0.29) is 29.7 Å². The van der Waals surface area contributed by atoms with E-state index in [1.807, 2.05) is 13.8 Å². The van der Waals surface area contributed by atoms with Gasteiger partial charge in [0.05, 0.1) is 0 Å². The van der Waals surface area contributed by atoms with Crippen LogP contribution < -0.4 is 11.2 Å². The molecule has 2 rings (SSSR count). The molecule has 0 spiro atoms. The number of ketones is 1. The molecule has 2 aromatic rings. The summed E-state index contributed by atoms with van der Waals surface area (Å²) in [6.45, 7) is 6.27. The standard InChI is InChI=1S/C17H26N4O4S/c1-5-25-10-21-13-14(18-16(21)26)19(4)17(24)20(15(13)23)9-7-6-8-11(2)12(3)22/h11H,5-10H2,1-4H3,(H,18,26)/t11-/m1/s1. The number of hydrogen-bond acceptors (Lipinski definition) is 5. The minimum Gasteiger partial charge on any atom is -0.361 e. The first-order valence-electron chi connectivity index (χ1n) is 8.80. The highest BCUT2D eigenvalue weighted by Gasteiger charge is 2.17. The van der Waals surface area contributed by atoms with Gasteiger partial charge < -0.3 is 9.72 Å². The molecule has 0 radical (unpaired) electrons. The lowest BCUT2D eigenvalue weighted by atomic mass is 10.0. The van der Waals surface area contributed by atoms with Crippen LogP contribution in [0.25, 0.3) is 11.2 Å². The number of aromatic nitrogens is 4. The van der Waals surface area contributed by atoms with Crippen LogP contribution in [0.2, 0.25) is 0 Å². The molecule has 0 bridgehead atoms. The first-order valence-corrected chi connectivity index (χ1v) is 9.20. The fourth-order valence-corrected chi connectivity index (χ4v) is 3.08. The molecule has 0 aromatic carbocycles. The fraction of sp³-hybridized carbons (Fsp3) is 0.647. The molecule has 26 heavy (non-hydrogen) atoms. The Hall–Kier alpha value is -2.00. The van der Waals surface area contributed by atoms with Crippen molar-refractivity contribution in [1.29, 1.82) is 0 Å². The summed E-state index contributed by atoms with van der Waals surface area (Å²) in [5.41, 5.74) is -0.0366. The van der Waals surface area contributed by atoms with Crippen molar-refractivity contribution in [2.75, 3.05) is 6.61 Å². The number of aryl methyl sites for hydroxylation is 1. The van der Waals surface area contributed by atoms with Crippen LogP contribution in [0.3, 0.4) is 0 Å². The molecular formula is C17H26N4O4S. The Labute approximate surface area is 156 Å². The highest BCUT2D eigenvalue weighted by atomic mass is 32.1. The Morgan fingerprint density at radius 1 is 1.27 bits per heavy atom. The number of rotatable bonds is 9. The first kappa shape index (κ1) is 20.3. The summed E-state index contributed by atoms with van der Waals surface area (Å²) in [5, 5.41) is 0. The number of ether oxygens (including phenoxy) is 1. The zero-order chi connectivity index (χ0) is 19.4. The number of carbonyl (C=O) groups excluding carboxylic acids is 1. The van der Waals surface area contributed by atoms with Crippen LogP contribution in [0.1, 0.15) is 40.0 Å². The molecule has 0 fully saturated rings. The van der Waals surface area contributed by atoms with E-state index < -0.39 is 0 Å². The molecule has 1 atom stereocenters. The van der Waals surface area contributed by atoms with Gasteiger partial charge in [-0.1, -0.05) is 13.3 Å². The molecule has 0 amide bonds. The number of imidazole rings is 1. The van der Waals surface area contributed by atoms with Gasteiger partial charge in [0.2, 0.25) is 0 Å². The number of H-pyrrole nitrogens is 1. The van der Waals surface area contributed by atoms with Gasteiger partial charge in [0.1, 0.15) is 18.2 Å². The number of fused-ring (bicyclic) bond motifs is 1. The molecule has 0 saturated carbocycles. The van der Waals surface area contributed by atoms with E-state index in [0.717, 1.165) is 12.8 Å². The Kier molecular flexibility index (Phi) is 6.71. The second-order valence-corrected chi connectivity index (χ2v) is 6.87. The van der Waals surface area contributed by atoms with E-state index in [2.05, 4.69) is 4.98 Å². The number of aromatic amines is 1. The Balaban J connectivity index is 2.35. The molecule has 8 nitrogen and oxygen atoms in total. The molecule has 2 aromatic heterocycles. The summed E-state index contributed by atoms with van der Waals surface area (Å²) in [4.78, 5) is 39.7. The Morgan fingerprint density at radius 2 is 1.96 bits per heavy atom. The predicted molar refractivity (Wildman–Crippen MR) is 102 cm³/mol. The third-order valence-corrected chi connectivity index (χ3v) is 4.98. The van der Waals surface area contributed by atoms with E-state index in [1.54, 1.807) is 18.5 Å². The van der Waals surface area contributed by atoms with Crippen molar-refractivity contribution in [3.63, 3.8) is 0 Å². The van der Waals surface area contributed by atoms with Crippen molar-refractivity contribution < 1.29 is 9.53 Å². The maximum Gasteiger partial charge on any atom is 0.332 e. The number of hydrogen-bond donors (Lipinski definition) is 1. The highest BCUT2D eigenvalue weighted by Crippen LogP contribution is 2.10. The van der Waals surface area contributed by atoms with Crippen molar-refractivity contribution in [3.8, 4) is 0 Å². The number of nitrogens with one attached hydrogen (secondary N) is 1. The molecule has 9 heteroatoms. The number of unbranched alkanes of at least 4 members (excludes halogenated alkanes) is 1. The molecular weight excluding hydrogens is 356 g/mol. The average molecular weight is 382 g/mol. The lowest BCUT2D eigenvalue weighted by Gasteiger charge is -2.11. The Bertz CT molecular complexity index is 966. The van der Waals surface area contributed by atoms with Gasteiger partial charge in [-0.2, -0.15) is 0 Å². The van der Waals surface area contributed by atoms with Crippen LogP contribution in [-0.4, -0.2) is 31.1 Å². The lowest BCUT2D eigenvalue weighted by Crippen LogP contribution is -2.39. The van der Waals surface area contributed by atoms with E-state index in [0.29, 0.717) is 35.5 Å². The summed E-state index contributed by atoms with van der Waals surface area (Å²) >= 11 is 5.26. The van der Waals surface area contributed by atoms with Crippen LogP contribution in [0.4, 0.5) is 0 Å². The van der Waals surface area contributed by atoms with Gasteiger partial charge in [-0.25, -0.2) is 4.79 Å².